The number of carbonyl (C=O) groups excluding carboxylic acids is 1. The van der Waals surface area contributed by atoms with E-state index in [4.69, 9.17) is 5.11 Å². The first-order valence-electron chi connectivity index (χ1n) is 7.06. The van der Waals surface area contributed by atoms with Gasteiger partial charge in [-0.05, 0) is 36.6 Å². The Morgan fingerprint density at radius 2 is 2.10 bits per heavy atom. The van der Waals surface area contributed by atoms with E-state index >= 15 is 0 Å². The summed E-state index contributed by atoms with van der Waals surface area (Å²) in [6, 6.07) is 7.68. The van der Waals surface area contributed by atoms with Crippen molar-refractivity contribution < 1.29 is 14.7 Å². The normalized spacial score (nSPS) is 19.0. The van der Waals surface area contributed by atoms with Crippen molar-refractivity contribution in [1.29, 1.82) is 0 Å². The van der Waals surface area contributed by atoms with Gasteiger partial charge >= 0.3 is 5.97 Å². The number of nitrogens with one attached hydrogen (secondary N) is 1. The number of amides is 1. The monoisotopic (exact) mass is 288 g/mol. The van der Waals surface area contributed by atoms with Crippen molar-refractivity contribution >= 4 is 18.0 Å². The Balaban J connectivity index is 2.00. The molecule has 0 spiro atoms. The van der Waals surface area contributed by atoms with E-state index < -0.39 is 5.97 Å². The number of aliphatic carboxylic acids is 1. The highest BCUT2D eigenvalue weighted by Gasteiger charge is 2.29. The van der Waals surface area contributed by atoms with Crippen molar-refractivity contribution in [1.82, 2.24) is 10.2 Å². The summed E-state index contributed by atoms with van der Waals surface area (Å²) >= 11 is 0. The van der Waals surface area contributed by atoms with Crippen LogP contribution in [0.2, 0.25) is 0 Å². The molecule has 1 aromatic rings. The van der Waals surface area contributed by atoms with E-state index in [2.05, 4.69) is 10.2 Å². The smallest absolute Gasteiger partial charge is 0.328 e. The summed E-state index contributed by atoms with van der Waals surface area (Å²) in [5.41, 5.74) is 1.98. The average Bonchev–Trinajstić information content (AvgIpc) is 2.94. The van der Waals surface area contributed by atoms with Gasteiger partial charge in [-0.25, -0.2) is 4.79 Å². The third-order valence-corrected chi connectivity index (χ3v) is 3.70. The molecule has 1 fully saturated rings. The molecule has 1 heterocycles. The fraction of sp³-hybridized carbons (Fsp3) is 0.375. The van der Waals surface area contributed by atoms with Gasteiger partial charge in [0.25, 0.3) is 0 Å². The van der Waals surface area contributed by atoms with Crippen LogP contribution in [0.5, 0.6) is 0 Å². The predicted molar refractivity (Wildman–Crippen MR) is 80.6 cm³/mol. The van der Waals surface area contributed by atoms with Crippen LogP contribution in [0.25, 0.3) is 6.08 Å². The van der Waals surface area contributed by atoms with Gasteiger partial charge in [0.05, 0.1) is 6.04 Å². The molecular formula is C16H20N2O3. The Morgan fingerprint density at radius 1 is 1.38 bits per heavy atom. The Labute approximate surface area is 124 Å². The molecule has 1 saturated heterocycles. The minimum absolute atomic E-state index is 0.0402. The van der Waals surface area contributed by atoms with Gasteiger partial charge in [-0.15, -0.1) is 0 Å². The molecule has 1 aliphatic rings. The van der Waals surface area contributed by atoms with Gasteiger partial charge in [-0.3, -0.25) is 9.69 Å². The number of hydrogen-bond acceptors (Lipinski definition) is 3. The molecule has 21 heavy (non-hydrogen) atoms. The van der Waals surface area contributed by atoms with E-state index in [9.17, 15) is 9.59 Å². The second-order valence-corrected chi connectivity index (χ2v) is 5.16. The molecule has 1 aliphatic heterocycles. The van der Waals surface area contributed by atoms with Gasteiger partial charge in [0, 0.05) is 19.7 Å². The molecule has 1 aromatic carbocycles. The number of likely N-dealkylation sites (tertiary alicyclic amines) is 1. The van der Waals surface area contributed by atoms with Crippen LogP contribution in [0.15, 0.2) is 30.3 Å². The summed E-state index contributed by atoms with van der Waals surface area (Å²) in [5, 5.41) is 11.3. The number of hydrogen-bond donors (Lipinski definition) is 2. The van der Waals surface area contributed by atoms with Crippen molar-refractivity contribution in [3.8, 4) is 0 Å². The molecule has 0 aliphatic carbocycles. The number of nitrogens with zero attached hydrogens (tertiary/aromatic N) is 1. The zero-order valence-corrected chi connectivity index (χ0v) is 12.1. The van der Waals surface area contributed by atoms with Crippen LogP contribution in [0.4, 0.5) is 0 Å². The number of carboxylic acids is 1. The van der Waals surface area contributed by atoms with Crippen LogP contribution in [0.3, 0.4) is 0 Å². The predicted octanol–water partition coefficient (Wildman–Crippen LogP) is 1.49. The van der Waals surface area contributed by atoms with Crippen LogP contribution >= 0.6 is 0 Å². The summed E-state index contributed by atoms with van der Waals surface area (Å²) < 4.78 is 0. The van der Waals surface area contributed by atoms with E-state index in [1.807, 2.05) is 24.3 Å². The van der Waals surface area contributed by atoms with E-state index in [0.29, 0.717) is 0 Å². The number of carboxylic acid groups (broad SMARTS) is 1. The second kappa shape index (κ2) is 7.04. The van der Waals surface area contributed by atoms with Crippen molar-refractivity contribution in [3.05, 3.63) is 41.5 Å². The topological polar surface area (TPSA) is 69.6 Å². The van der Waals surface area contributed by atoms with Crippen molar-refractivity contribution in [2.45, 2.75) is 25.4 Å². The van der Waals surface area contributed by atoms with Gasteiger partial charge in [-0.2, -0.15) is 0 Å². The molecule has 1 unspecified atom stereocenters. The minimum Gasteiger partial charge on any atom is -0.478 e. The summed E-state index contributed by atoms with van der Waals surface area (Å²) in [5.74, 6) is -0.877. The van der Waals surface area contributed by atoms with Gasteiger partial charge in [-0.1, -0.05) is 24.3 Å². The summed E-state index contributed by atoms with van der Waals surface area (Å²) in [7, 11) is 1.67. The molecule has 0 radical (unpaired) electrons. The molecule has 0 saturated carbocycles. The lowest BCUT2D eigenvalue weighted by molar-refractivity contribution is -0.131. The Kier molecular flexibility index (Phi) is 5.11. The third kappa shape index (κ3) is 4.16. The standard InChI is InChI=1S/C16H20N2O3/c1-17-16(21)14-3-2-10-18(14)11-13-6-4-12(5-7-13)8-9-15(19)20/h4-9,14H,2-3,10-11H2,1H3,(H,17,21)(H,19,20). The lowest BCUT2D eigenvalue weighted by atomic mass is 10.1. The summed E-state index contributed by atoms with van der Waals surface area (Å²) in [4.78, 5) is 24.4. The Bertz CT molecular complexity index is 537. The molecule has 2 rings (SSSR count). The molecule has 5 heteroatoms. The van der Waals surface area contributed by atoms with Crippen LogP contribution in [0.1, 0.15) is 24.0 Å². The maximum atomic E-state index is 11.8. The highest BCUT2D eigenvalue weighted by Crippen LogP contribution is 2.20. The molecule has 0 bridgehead atoms. The van der Waals surface area contributed by atoms with E-state index in [-0.39, 0.29) is 11.9 Å². The number of carbonyl (C=O) groups is 2. The number of benzene rings is 1. The maximum absolute atomic E-state index is 11.8. The number of rotatable bonds is 5. The minimum atomic E-state index is -0.954. The first-order valence-corrected chi connectivity index (χ1v) is 7.06. The fourth-order valence-electron chi connectivity index (χ4n) is 2.62. The van der Waals surface area contributed by atoms with Crippen LogP contribution in [0, 0.1) is 0 Å². The molecule has 2 N–H and O–H groups in total. The second-order valence-electron chi connectivity index (χ2n) is 5.16. The highest BCUT2D eigenvalue weighted by atomic mass is 16.4. The first-order chi connectivity index (χ1) is 10.1. The van der Waals surface area contributed by atoms with Crippen molar-refractivity contribution in [2.75, 3.05) is 13.6 Å². The van der Waals surface area contributed by atoms with E-state index in [0.717, 1.165) is 43.1 Å². The molecule has 5 nitrogen and oxygen atoms in total. The summed E-state index contributed by atoms with van der Waals surface area (Å²) in [6.07, 6.45) is 4.63. The van der Waals surface area contributed by atoms with Gasteiger partial charge in [0.2, 0.25) is 5.91 Å². The molecule has 1 amide bonds. The van der Waals surface area contributed by atoms with Crippen LogP contribution in [-0.2, 0) is 16.1 Å². The van der Waals surface area contributed by atoms with Crippen molar-refractivity contribution in [2.24, 2.45) is 0 Å². The average molecular weight is 288 g/mol. The fourth-order valence-corrected chi connectivity index (χ4v) is 2.62. The molecule has 0 aromatic heterocycles. The zero-order valence-electron chi connectivity index (χ0n) is 12.1. The highest BCUT2D eigenvalue weighted by molar-refractivity contribution is 5.85. The summed E-state index contributed by atoms with van der Waals surface area (Å²) in [6.45, 7) is 1.67. The third-order valence-electron chi connectivity index (χ3n) is 3.70. The largest absolute Gasteiger partial charge is 0.478 e. The lowest BCUT2D eigenvalue weighted by Crippen LogP contribution is -2.41. The first kappa shape index (κ1) is 15.3. The molecule has 112 valence electrons. The van der Waals surface area contributed by atoms with Crippen LogP contribution < -0.4 is 5.32 Å². The Hall–Kier alpha value is -2.14. The maximum Gasteiger partial charge on any atom is 0.328 e. The van der Waals surface area contributed by atoms with E-state index in [1.165, 1.54) is 0 Å². The molecule has 1 atom stereocenters. The van der Waals surface area contributed by atoms with Gasteiger partial charge < -0.3 is 10.4 Å². The van der Waals surface area contributed by atoms with E-state index in [1.54, 1.807) is 13.1 Å². The van der Waals surface area contributed by atoms with Gasteiger partial charge in [0.1, 0.15) is 0 Å². The SMILES string of the molecule is CNC(=O)C1CCCN1Cc1ccc(C=CC(=O)O)cc1. The van der Waals surface area contributed by atoms with Crippen LogP contribution in [-0.4, -0.2) is 41.5 Å². The number of likely N-dealkylation sites (N-methyl/N-ethyl adjacent to an activating group) is 1. The van der Waals surface area contributed by atoms with Gasteiger partial charge in [0.15, 0.2) is 0 Å². The Morgan fingerprint density at radius 3 is 2.71 bits per heavy atom. The van der Waals surface area contributed by atoms with Crippen molar-refractivity contribution in [3.63, 3.8) is 0 Å². The quantitative estimate of drug-likeness (QED) is 0.806. The molecular weight excluding hydrogens is 268 g/mol. The lowest BCUT2D eigenvalue weighted by Gasteiger charge is -2.23. The zero-order chi connectivity index (χ0) is 15.2.